The Balaban J connectivity index is 2.67. The summed E-state index contributed by atoms with van der Waals surface area (Å²) in [4.78, 5) is 0. The van der Waals surface area contributed by atoms with Gasteiger partial charge in [-0.2, -0.15) is 0 Å². The molecule has 0 heterocycles. The molecule has 0 aliphatic rings. The normalized spacial score (nSPS) is 10.4. The van der Waals surface area contributed by atoms with Gasteiger partial charge in [-0.15, -0.1) is 0 Å². The molecule has 0 unspecified atom stereocenters. The molecule has 0 N–H and O–H groups in total. The highest BCUT2D eigenvalue weighted by Crippen LogP contribution is 2.35. The quantitative estimate of drug-likeness (QED) is 0.529. The summed E-state index contributed by atoms with van der Waals surface area (Å²) in [5.41, 5.74) is 0.967. The van der Waals surface area contributed by atoms with Gasteiger partial charge in [0.15, 0.2) is 11.5 Å². The first kappa shape index (κ1) is 15.6. The van der Waals surface area contributed by atoms with Crippen molar-refractivity contribution in [1.29, 1.82) is 0 Å². The minimum atomic E-state index is 0.498. The molecule has 0 spiro atoms. The Morgan fingerprint density at radius 1 is 1.22 bits per heavy atom. The van der Waals surface area contributed by atoms with Gasteiger partial charge in [0.2, 0.25) is 0 Å². The van der Waals surface area contributed by atoms with E-state index >= 15 is 0 Å². The highest BCUT2D eigenvalue weighted by atomic mass is 79.9. The minimum Gasteiger partial charge on any atom is -0.493 e. The highest BCUT2D eigenvalue weighted by molar-refractivity contribution is 9.08. The third-order valence-electron chi connectivity index (χ3n) is 2.28. The number of benzene rings is 1. The Bertz CT molecular complexity index is 346. The third kappa shape index (κ3) is 4.67. The maximum absolute atomic E-state index is 6.00. The van der Waals surface area contributed by atoms with Gasteiger partial charge in [0.1, 0.15) is 6.61 Å². The Labute approximate surface area is 121 Å². The van der Waals surface area contributed by atoms with Gasteiger partial charge in [-0.05, 0) is 12.5 Å². The molecule has 0 saturated carbocycles. The Hall–Kier alpha value is -0.450. The summed E-state index contributed by atoms with van der Waals surface area (Å²) >= 11 is 9.42. The molecule has 18 heavy (non-hydrogen) atoms. The molecule has 0 aromatic heterocycles. The maximum Gasteiger partial charge on any atom is 0.165 e. The monoisotopic (exact) mass is 336 g/mol. The van der Waals surface area contributed by atoms with Crippen molar-refractivity contribution < 1.29 is 14.2 Å². The van der Waals surface area contributed by atoms with Gasteiger partial charge in [-0.25, -0.2) is 0 Å². The van der Waals surface area contributed by atoms with Crippen LogP contribution in [0.25, 0.3) is 0 Å². The van der Waals surface area contributed by atoms with E-state index in [0.717, 1.165) is 24.3 Å². The van der Waals surface area contributed by atoms with Crippen LogP contribution in [0.3, 0.4) is 0 Å². The van der Waals surface area contributed by atoms with Crippen LogP contribution in [0, 0.1) is 0 Å². The maximum atomic E-state index is 6.00. The van der Waals surface area contributed by atoms with Gasteiger partial charge in [-0.3, -0.25) is 0 Å². The third-order valence-corrected chi connectivity index (χ3v) is 3.11. The van der Waals surface area contributed by atoms with Crippen LogP contribution in [0.4, 0.5) is 0 Å². The van der Waals surface area contributed by atoms with Gasteiger partial charge in [0, 0.05) is 28.6 Å². The van der Waals surface area contributed by atoms with Crippen LogP contribution in [-0.2, 0) is 10.1 Å². The number of methoxy groups -OCH3 is 1. The van der Waals surface area contributed by atoms with Crippen molar-refractivity contribution in [2.75, 3.05) is 26.9 Å². The summed E-state index contributed by atoms with van der Waals surface area (Å²) in [7, 11) is 1.60. The lowest BCUT2D eigenvalue weighted by Crippen LogP contribution is -2.09. The van der Waals surface area contributed by atoms with E-state index in [1.165, 1.54) is 0 Å². The summed E-state index contributed by atoms with van der Waals surface area (Å²) in [6.45, 7) is 3.90. The first-order valence-corrected chi connectivity index (χ1v) is 7.35. The Morgan fingerprint density at radius 2 is 2.00 bits per heavy atom. The standard InChI is InChI=1S/C13H18BrClO3/c1-3-4-17-5-6-18-13-10(9-14)7-11(15)8-12(13)16-2/h7-8H,3-6,9H2,1-2H3. The van der Waals surface area contributed by atoms with Gasteiger partial charge in [0.05, 0.1) is 13.7 Å². The first-order valence-electron chi connectivity index (χ1n) is 5.85. The molecule has 0 radical (unpaired) electrons. The highest BCUT2D eigenvalue weighted by Gasteiger charge is 2.11. The number of hydrogen-bond acceptors (Lipinski definition) is 3. The first-order chi connectivity index (χ1) is 8.72. The number of rotatable bonds is 8. The predicted molar refractivity (Wildman–Crippen MR) is 77.2 cm³/mol. The fraction of sp³-hybridized carbons (Fsp3) is 0.538. The van der Waals surface area contributed by atoms with Crippen molar-refractivity contribution in [2.45, 2.75) is 18.7 Å². The second kappa shape index (κ2) is 8.62. The fourth-order valence-corrected chi connectivity index (χ4v) is 2.13. The molecule has 0 saturated heterocycles. The molecular formula is C13H18BrClO3. The Kier molecular flexibility index (Phi) is 7.47. The van der Waals surface area contributed by atoms with Gasteiger partial charge < -0.3 is 14.2 Å². The van der Waals surface area contributed by atoms with Crippen molar-refractivity contribution >= 4 is 27.5 Å². The predicted octanol–water partition coefficient (Wildman–Crippen LogP) is 4.05. The van der Waals surface area contributed by atoms with E-state index in [1.54, 1.807) is 13.2 Å². The van der Waals surface area contributed by atoms with Crippen molar-refractivity contribution in [3.05, 3.63) is 22.7 Å². The molecule has 1 rings (SSSR count). The van der Waals surface area contributed by atoms with Gasteiger partial charge in [0.25, 0.3) is 0 Å². The van der Waals surface area contributed by atoms with E-state index in [4.69, 9.17) is 25.8 Å². The molecule has 102 valence electrons. The topological polar surface area (TPSA) is 27.7 Å². The van der Waals surface area contributed by atoms with E-state index in [9.17, 15) is 0 Å². The lowest BCUT2D eigenvalue weighted by molar-refractivity contribution is 0.0992. The zero-order valence-corrected chi connectivity index (χ0v) is 13.0. The molecule has 0 bridgehead atoms. The summed E-state index contributed by atoms with van der Waals surface area (Å²) in [6, 6.07) is 3.61. The van der Waals surface area contributed by atoms with Crippen LogP contribution in [0.2, 0.25) is 5.02 Å². The average molecular weight is 338 g/mol. The van der Waals surface area contributed by atoms with E-state index in [1.807, 2.05) is 6.07 Å². The molecule has 0 atom stereocenters. The molecular weight excluding hydrogens is 319 g/mol. The van der Waals surface area contributed by atoms with Crippen LogP contribution < -0.4 is 9.47 Å². The smallest absolute Gasteiger partial charge is 0.165 e. The van der Waals surface area contributed by atoms with Gasteiger partial charge in [-0.1, -0.05) is 34.5 Å². The van der Waals surface area contributed by atoms with Crippen molar-refractivity contribution in [3.63, 3.8) is 0 Å². The minimum absolute atomic E-state index is 0.498. The zero-order chi connectivity index (χ0) is 13.4. The van der Waals surface area contributed by atoms with Crippen LogP contribution in [0.5, 0.6) is 11.5 Å². The van der Waals surface area contributed by atoms with Crippen molar-refractivity contribution in [2.24, 2.45) is 0 Å². The van der Waals surface area contributed by atoms with Gasteiger partial charge >= 0.3 is 0 Å². The van der Waals surface area contributed by atoms with Crippen molar-refractivity contribution in [3.8, 4) is 11.5 Å². The molecule has 1 aromatic rings. The second-order valence-electron chi connectivity index (χ2n) is 3.69. The summed E-state index contributed by atoms with van der Waals surface area (Å²) in [5.74, 6) is 1.37. The van der Waals surface area contributed by atoms with Crippen LogP contribution in [-0.4, -0.2) is 26.9 Å². The SMILES string of the molecule is CCCOCCOc1c(CBr)cc(Cl)cc1OC. The molecule has 1 aromatic carbocycles. The van der Waals surface area contributed by atoms with E-state index in [-0.39, 0.29) is 0 Å². The second-order valence-corrected chi connectivity index (χ2v) is 4.69. The Morgan fingerprint density at radius 3 is 2.61 bits per heavy atom. The van der Waals surface area contributed by atoms with E-state index < -0.39 is 0 Å². The number of hydrogen-bond donors (Lipinski definition) is 0. The largest absolute Gasteiger partial charge is 0.493 e. The number of halogens is 2. The molecule has 0 fully saturated rings. The van der Waals surface area contributed by atoms with E-state index in [2.05, 4.69) is 22.9 Å². The number of ether oxygens (including phenoxy) is 3. The van der Waals surface area contributed by atoms with Crippen LogP contribution in [0.15, 0.2) is 12.1 Å². The zero-order valence-electron chi connectivity index (χ0n) is 10.7. The molecule has 5 heteroatoms. The fourth-order valence-electron chi connectivity index (χ4n) is 1.49. The lowest BCUT2D eigenvalue weighted by Gasteiger charge is -2.14. The molecule has 0 amide bonds. The summed E-state index contributed by atoms with van der Waals surface area (Å²) < 4.78 is 16.4. The number of alkyl halides is 1. The van der Waals surface area contributed by atoms with E-state index in [0.29, 0.717) is 29.3 Å². The molecule has 0 aliphatic carbocycles. The molecule has 3 nitrogen and oxygen atoms in total. The average Bonchev–Trinajstić information content (AvgIpc) is 2.39. The van der Waals surface area contributed by atoms with Crippen LogP contribution in [0.1, 0.15) is 18.9 Å². The van der Waals surface area contributed by atoms with Crippen molar-refractivity contribution in [1.82, 2.24) is 0 Å². The summed E-state index contributed by atoms with van der Waals surface area (Å²) in [5, 5.41) is 1.30. The summed E-state index contributed by atoms with van der Waals surface area (Å²) in [6.07, 6.45) is 1.01. The molecule has 0 aliphatic heterocycles. The van der Waals surface area contributed by atoms with Crippen LogP contribution >= 0.6 is 27.5 Å². The lowest BCUT2D eigenvalue weighted by atomic mass is 10.2.